The average molecular weight is 390 g/mol. The smallest absolute Gasteiger partial charge is 0.326 e. The molecule has 0 saturated carbocycles. The number of nitrogens with one attached hydrogen (secondary N) is 1. The summed E-state index contributed by atoms with van der Waals surface area (Å²) < 4.78 is 1.41. The topological polar surface area (TPSA) is 90.2 Å². The minimum absolute atomic E-state index is 0.0689. The van der Waals surface area contributed by atoms with Gasteiger partial charge in [-0.25, -0.2) is 4.79 Å². The Morgan fingerprint density at radius 1 is 1.32 bits per heavy atom. The van der Waals surface area contributed by atoms with Gasteiger partial charge in [0.1, 0.15) is 6.04 Å². The van der Waals surface area contributed by atoms with Crippen molar-refractivity contribution in [3.63, 3.8) is 0 Å². The molecule has 0 aliphatic carbocycles. The molecule has 1 aromatic carbocycles. The normalized spacial score (nSPS) is 11.4. The summed E-state index contributed by atoms with van der Waals surface area (Å²) in [5.74, 6) is -1.65. The summed E-state index contributed by atoms with van der Waals surface area (Å²) in [7, 11) is 0. The summed E-state index contributed by atoms with van der Waals surface area (Å²) in [4.78, 5) is 22.9. The van der Waals surface area contributed by atoms with E-state index in [1.807, 2.05) is 6.07 Å². The number of benzene rings is 1. The van der Waals surface area contributed by atoms with E-state index >= 15 is 0 Å². The molecule has 0 saturated heterocycles. The average Bonchev–Trinajstić information content (AvgIpc) is 2.32. The summed E-state index contributed by atoms with van der Waals surface area (Å²) >= 11 is 6.50. The molecule has 0 spiro atoms. The molecule has 7 heteroatoms. The van der Waals surface area contributed by atoms with Gasteiger partial charge in [0, 0.05) is 20.9 Å². The van der Waals surface area contributed by atoms with Gasteiger partial charge in [0.05, 0.1) is 6.07 Å². The van der Waals surface area contributed by atoms with Crippen LogP contribution in [0.5, 0.6) is 0 Å². The third-order valence-electron chi connectivity index (χ3n) is 2.27. The van der Waals surface area contributed by atoms with Gasteiger partial charge in [0.2, 0.25) is 0 Å². The zero-order valence-electron chi connectivity index (χ0n) is 9.69. The number of hydrogen-bond acceptors (Lipinski definition) is 3. The van der Waals surface area contributed by atoms with E-state index in [1.165, 1.54) is 0 Å². The Balaban J connectivity index is 2.82. The minimum Gasteiger partial charge on any atom is -0.480 e. The number of halogens is 2. The summed E-state index contributed by atoms with van der Waals surface area (Å²) in [6, 6.07) is 5.73. The predicted molar refractivity (Wildman–Crippen MR) is 75.6 cm³/mol. The first-order valence-corrected chi connectivity index (χ1v) is 6.89. The number of carboxylic acids is 1. The van der Waals surface area contributed by atoms with Crippen LogP contribution in [0.25, 0.3) is 0 Å². The summed E-state index contributed by atoms with van der Waals surface area (Å²) in [5, 5.41) is 19.8. The van der Waals surface area contributed by atoms with Crippen molar-refractivity contribution in [2.45, 2.75) is 18.9 Å². The van der Waals surface area contributed by atoms with Crippen LogP contribution in [0.15, 0.2) is 27.1 Å². The van der Waals surface area contributed by atoms with Gasteiger partial charge < -0.3 is 10.4 Å². The van der Waals surface area contributed by atoms with Crippen molar-refractivity contribution in [1.29, 1.82) is 5.26 Å². The lowest BCUT2D eigenvalue weighted by Crippen LogP contribution is -2.40. The van der Waals surface area contributed by atoms with Crippen LogP contribution in [0.2, 0.25) is 0 Å². The van der Waals surface area contributed by atoms with Crippen LogP contribution in [0.1, 0.15) is 23.2 Å². The van der Waals surface area contributed by atoms with Crippen molar-refractivity contribution in [2.75, 3.05) is 0 Å². The Morgan fingerprint density at radius 3 is 2.37 bits per heavy atom. The molecule has 0 aromatic heterocycles. The van der Waals surface area contributed by atoms with Crippen molar-refractivity contribution >= 4 is 43.7 Å². The van der Waals surface area contributed by atoms with Crippen LogP contribution >= 0.6 is 31.9 Å². The monoisotopic (exact) mass is 388 g/mol. The van der Waals surface area contributed by atoms with Crippen LogP contribution in [-0.4, -0.2) is 23.0 Å². The lowest BCUT2D eigenvalue weighted by atomic mass is 10.1. The Bertz CT molecular complexity index is 520. The fourth-order valence-corrected chi connectivity index (χ4v) is 2.69. The molecule has 0 radical (unpaired) electrons. The van der Waals surface area contributed by atoms with E-state index in [2.05, 4.69) is 37.2 Å². The first-order valence-electron chi connectivity index (χ1n) is 5.30. The molecule has 19 heavy (non-hydrogen) atoms. The number of carbonyl (C=O) groups excluding carboxylic acids is 1. The molecule has 1 amide bonds. The SMILES string of the molecule is N#CCC[C@@H](NC(=O)c1cc(Br)cc(Br)c1)C(=O)O. The van der Waals surface area contributed by atoms with Gasteiger partial charge in [-0.15, -0.1) is 0 Å². The van der Waals surface area contributed by atoms with Gasteiger partial charge in [-0.2, -0.15) is 5.26 Å². The zero-order chi connectivity index (χ0) is 14.4. The highest BCUT2D eigenvalue weighted by Gasteiger charge is 2.20. The van der Waals surface area contributed by atoms with E-state index in [1.54, 1.807) is 18.2 Å². The highest BCUT2D eigenvalue weighted by molar-refractivity contribution is 9.11. The molecule has 0 fully saturated rings. The highest BCUT2D eigenvalue weighted by atomic mass is 79.9. The Kier molecular flexibility index (Phi) is 5.99. The molecule has 2 N–H and O–H groups in total. The highest BCUT2D eigenvalue weighted by Crippen LogP contribution is 2.20. The van der Waals surface area contributed by atoms with E-state index in [0.29, 0.717) is 14.5 Å². The van der Waals surface area contributed by atoms with Crippen LogP contribution in [-0.2, 0) is 4.79 Å². The lowest BCUT2D eigenvalue weighted by molar-refractivity contribution is -0.139. The van der Waals surface area contributed by atoms with Crippen LogP contribution in [0.4, 0.5) is 0 Å². The van der Waals surface area contributed by atoms with E-state index in [9.17, 15) is 9.59 Å². The van der Waals surface area contributed by atoms with Gasteiger partial charge in [-0.05, 0) is 24.6 Å². The van der Waals surface area contributed by atoms with E-state index in [4.69, 9.17) is 10.4 Å². The number of nitriles is 1. The van der Waals surface area contributed by atoms with E-state index in [0.717, 1.165) is 0 Å². The second-order valence-electron chi connectivity index (χ2n) is 3.72. The fourth-order valence-electron chi connectivity index (χ4n) is 1.39. The molecule has 1 rings (SSSR count). The van der Waals surface area contributed by atoms with Gasteiger partial charge in [-0.1, -0.05) is 31.9 Å². The summed E-state index contributed by atoms with van der Waals surface area (Å²) in [6.07, 6.45) is 0.145. The number of nitrogens with zero attached hydrogens (tertiary/aromatic N) is 1. The number of carboxylic acid groups (broad SMARTS) is 1. The third-order valence-corrected chi connectivity index (χ3v) is 3.19. The van der Waals surface area contributed by atoms with Crippen molar-refractivity contribution in [2.24, 2.45) is 0 Å². The molecular formula is C12H10Br2N2O3. The fraction of sp³-hybridized carbons (Fsp3) is 0.250. The van der Waals surface area contributed by atoms with Crippen LogP contribution in [0, 0.1) is 11.3 Å². The van der Waals surface area contributed by atoms with Crippen molar-refractivity contribution in [1.82, 2.24) is 5.32 Å². The number of aliphatic carboxylic acids is 1. The van der Waals surface area contributed by atoms with Gasteiger partial charge in [0.15, 0.2) is 0 Å². The quantitative estimate of drug-likeness (QED) is 0.809. The van der Waals surface area contributed by atoms with Crippen LogP contribution in [0.3, 0.4) is 0 Å². The van der Waals surface area contributed by atoms with E-state index < -0.39 is 17.9 Å². The maximum absolute atomic E-state index is 11.9. The molecule has 1 aromatic rings. The molecule has 0 aliphatic heterocycles. The second kappa shape index (κ2) is 7.26. The van der Waals surface area contributed by atoms with Gasteiger partial charge in [0.25, 0.3) is 5.91 Å². The summed E-state index contributed by atoms with van der Waals surface area (Å²) in [5.41, 5.74) is 0.337. The van der Waals surface area contributed by atoms with Crippen molar-refractivity contribution in [3.05, 3.63) is 32.7 Å². The maximum atomic E-state index is 11.9. The number of carbonyl (C=O) groups is 2. The molecule has 0 aliphatic rings. The molecule has 5 nitrogen and oxygen atoms in total. The number of amides is 1. The number of hydrogen-bond donors (Lipinski definition) is 2. The Hall–Kier alpha value is -1.39. The molecule has 100 valence electrons. The Morgan fingerprint density at radius 2 is 1.89 bits per heavy atom. The zero-order valence-corrected chi connectivity index (χ0v) is 12.9. The third kappa shape index (κ3) is 5.01. The molecule has 1 atom stereocenters. The van der Waals surface area contributed by atoms with Crippen LogP contribution < -0.4 is 5.32 Å². The molecular weight excluding hydrogens is 380 g/mol. The Labute approximate surface area is 126 Å². The first kappa shape index (κ1) is 15.7. The van der Waals surface area contributed by atoms with Crippen molar-refractivity contribution < 1.29 is 14.7 Å². The predicted octanol–water partition coefficient (Wildman–Crippen LogP) is 2.70. The second-order valence-corrected chi connectivity index (χ2v) is 5.55. The summed E-state index contributed by atoms with van der Waals surface area (Å²) in [6.45, 7) is 0. The standard InChI is InChI=1S/C12H10Br2N2O3/c13-8-4-7(5-9(14)6-8)11(17)16-10(12(18)19)2-1-3-15/h4-6,10H,1-2H2,(H,16,17)(H,18,19)/t10-/m1/s1. The number of rotatable bonds is 5. The lowest BCUT2D eigenvalue weighted by Gasteiger charge is -2.13. The van der Waals surface area contributed by atoms with Gasteiger partial charge in [-0.3, -0.25) is 4.79 Å². The maximum Gasteiger partial charge on any atom is 0.326 e. The molecule has 0 unspecified atom stereocenters. The molecule has 0 heterocycles. The minimum atomic E-state index is -1.15. The van der Waals surface area contributed by atoms with Gasteiger partial charge >= 0.3 is 5.97 Å². The molecule has 0 bridgehead atoms. The van der Waals surface area contributed by atoms with E-state index in [-0.39, 0.29) is 12.8 Å². The van der Waals surface area contributed by atoms with Crippen molar-refractivity contribution in [3.8, 4) is 6.07 Å². The largest absolute Gasteiger partial charge is 0.480 e. The first-order chi connectivity index (χ1) is 8.93.